The topological polar surface area (TPSA) is 89.4 Å². The van der Waals surface area contributed by atoms with Crippen molar-refractivity contribution in [1.29, 1.82) is 0 Å². The molecule has 1 aromatic heterocycles. The van der Waals surface area contributed by atoms with E-state index < -0.39 is 11.6 Å². The number of para-hydroxylation sites is 1. The van der Waals surface area contributed by atoms with E-state index in [-0.39, 0.29) is 18.4 Å². The molecule has 0 spiro atoms. The Hall–Kier alpha value is -4.20. The second kappa shape index (κ2) is 10.4. The lowest BCUT2D eigenvalue weighted by Gasteiger charge is -2.34. The van der Waals surface area contributed by atoms with Crippen molar-refractivity contribution in [2.45, 2.75) is 52.7 Å². The van der Waals surface area contributed by atoms with Crippen molar-refractivity contribution < 1.29 is 14.3 Å². The number of ether oxygens (including phenoxy) is 1. The normalized spacial score (nSPS) is 12.3. The minimum atomic E-state index is -0.946. The summed E-state index contributed by atoms with van der Waals surface area (Å²) < 4.78 is 7.01. The van der Waals surface area contributed by atoms with Gasteiger partial charge in [0.15, 0.2) is 0 Å². The molecular formula is C29H33N5O3. The lowest BCUT2D eigenvalue weighted by Crippen LogP contribution is -2.50. The summed E-state index contributed by atoms with van der Waals surface area (Å²) in [4.78, 5) is 29.5. The first-order chi connectivity index (χ1) is 17.6. The van der Waals surface area contributed by atoms with Gasteiger partial charge in [0.25, 0.3) is 0 Å². The van der Waals surface area contributed by atoms with Gasteiger partial charge < -0.3 is 10.1 Å². The van der Waals surface area contributed by atoms with Crippen molar-refractivity contribution in [1.82, 2.24) is 20.3 Å². The zero-order valence-corrected chi connectivity index (χ0v) is 22.1. The summed E-state index contributed by atoms with van der Waals surface area (Å²) >= 11 is 0. The van der Waals surface area contributed by atoms with Gasteiger partial charge in [-0.15, -0.1) is 5.10 Å². The monoisotopic (exact) mass is 499 g/mol. The first-order valence-electron chi connectivity index (χ1n) is 12.2. The summed E-state index contributed by atoms with van der Waals surface area (Å²) in [5, 5.41) is 11.5. The fraction of sp³-hybridized carbons (Fsp3) is 0.310. The quantitative estimate of drug-likeness (QED) is 0.397. The summed E-state index contributed by atoms with van der Waals surface area (Å²) in [5.41, 5.74) is 4.30. The molecule has 0 aliphatic heterocycles. The zero-order valence-electron chi connectivity index (χ0n) is 22.1. The largest absolute Gasteiger partial charge is 0.497 e. The summed E-state index contributed by atoms with van der Waals surface area (Å²) in [7, 11) is 1.57. The number of fused-ring (bicyclic) bond motifs is 1. The Morgan fingerprint density at radius 2 is 1.76 bits per heavy atom. The number of rotatable bonds is 7. The number of hydrogen-bond donors (Lipinski definition) is 1. The molecule has 0 saturated carbocycles. The van der Waals surface area contributed by atoms with E-state index in [1.807, 2.05) is 95.3 Å². The molecule has 0 unspecified atom stereocenters. The second-order valence-electron chi connectivity index (χ2n) is 10.2. The van der Waals surface area contributed by atoms with Gasteiger partial charge in [-0.2, -0.15) is 0 Å². The third-order valence-electron chi connectivity index (χ3n) is 6.16. The average molecular weight is 500 g/mol. The third kappa shape index (κ3) is 5.80. The van der Waals surface area contributed by atoms with Crippen molar-refractivity contribution in [2.75, 3.05) is 12.0 Å². The first kappa shape index (κ1) is 25.9. The Kier molecular flexibility index (Phi) is 7.29. The SMILES string of the molecule is COc1cccc([C@@H](C(=O)NC(C)(C)C)N(C(=O)Cn2nnc3ccccc32)c2ccc(C)c(C)c2)c1. The Bertz CT molecular complexity index is 1440. The lowest BCUT2D eigenvalue weighted by atomic mass is 9.99. The van der Waals surface area contributed by atoms with Gasteiger partial charge >= 0.3 is 0 Å². The van der Waals surface area contributed by atoms with E-state index in [4.69, 9.17) is 4.74 Å². The summed E-state index contributed by atoms with van der Waals surface area (Å²) in [5.74, 6) is 0.00683. The maximum Gasteiger partial charge on any atom is 0.249 e. The molecule has 1 heterocycles. The Morgan fingerprint density at radius 3 is 2.46 bits per heavy atom. The van der Waals surface area contributed by atoms with Crippen LogP contribution in [-0.2, 0) is 16.1 Å². The van der Waals surface area contributed by atoms with Gasteiger partial charge in [0.1, 0.15) is 23.9 Å². The molecule has 0 bridgehead atoms. The third-order valence-corrected chi connectivity index (χ3v) is 6.16. The van der Waals surface area contributed by atoms with Crippen LogP contribution in [-0.4, -0.2) is 39.5 Å². The predicted molar refractivity (Wildman–Crippen MR) is 145 cm³/mol. The molecule has 4 aromatic rings. The number of hydrogen-bond acceptors (Lipinski definition) is 5. The Morgan fingerprint density at radius 1 is 1.00 bits per heavy atom. The molecule has 2 amide bonds. The number of anilines is 1. The van der Waals surface area contributed by atoms with E-state index in [1.54, 1.807) is 22.8 Å². The molecule has 1 atom stereocenters. The van der Waals surface area contributed by atoms with Gasteiger partial charge in [-0.1, -0.05) is 35.5 Å². The molecule has 0 saturated heterocycles. The average Bonchev–Trinajstić information content (AvgIpc) is 3.25. The van der Waals surface area contributed by atoms with Crippen molar-refractivity contribution >= 4 is 28.5 Å². The molecule has 8 heteroatoms. The van der Waals surface area contributed by atoms with Gasteiger partial charge in [-0.3, -0.25) is 14.5 Å². The number of aromatic nitrogens is 3. The highest BCUT2D eigenvalue weighted by Gasteiger charge is 2.35. The molecule has 192 valence electrons. The number of carbonyl (C=O) groups excluding carboxylic acids is 2. The van der Waals surface area contributed by atoms with Crippen molar-refractivity contribution in [3.63, 3.8) is 0 Å². The number of amides is 2. The molecule has 37 heavy (non-hydrogen) atoms. The highest BCUT2D eigenvalue weighted by atomic mass is 16.5. The fourth-order valence-electron chi connectivity index (χ4n) is 4.22. The van der Waals surface area contributed by atoms with E-state index in [0.29, 0.717) is 22.5 Å². The number of nitrogens with one attached hydrogen (secondary N) is 1. The number of carbonyl (C=O) groups is 2. The highest BCUT2D eigenvalue weighted by molar-refractivity contribution is 6.01. The van der Waals surface area contributed by atoms with Crippen LogP contribution in [0.2, 0.25) is 0 Å². The van der Waals surface area contributed by atoms with Gasteiger partial charge in [-0.25, -0.2) is 4.68 Å². The maximum absolute atomic E-state index is 14.1. The Labute approximate surface area is 217 Å². The molecule has 0 aliphatic rings. The molecule has 3 aromatic carbocycles. The van der Waals surface area contributed by atoms with Crippen LogP contribution in [0.25, 0.3) is 11.0 Å². The summed E-state index contributed by atoms with van der Waals surface area (Å²) in [6.07, 6.45) is 0. The predicted octanol–water partition coefficient (Wildman–Crippen LogP) is 4.75. The van der Waals surface area contributed by atoms with Crippen LogP contribution in [0.1, 0.15) is 43.5 Å². The molecule has 0 aliphatic carbocycles. The molecule has 0 radical (unpaired) electrons. The van der Waals surface area contributed by atoms with Crippen LogP contribution in [0.15, 0.2) is 66.7 Å². The van der Waals surface area contributed by atoms with Gasteiger partial charge in [0.05, 0.1) is 12.6 Å². The van der Waals surface area contributed by atoms with Crippen LogP contribution in [0, 0.1) is 13.8 Å². The zero-order chi connectivity index (χ0) is 26.7. The maximum atomic E-state index is 14.1. The Balaban J connectivity index is 1.86. The summed E-state index contributed by atoms with van der Waals surface area (Å²) in [6.45, 7) is 9.66. The minimum Gasteiger partial charge on any atom is -0.497 e. The second-order valence-corrected chi connectivity index (χ2v) is 10.2. The van der Waals surface area contributed by atoms with Gasteiger partial charge in [0, 0.05) is 11.2 Å². The molecule has 0 fully saturated rings. The van der Waals surface area contributed by atoms with E-state index in [0.717, 1.165) is 16.6 Å². The van der Waals surface area contributed by atoms with Crippen LogP contribution in [0.5, 0.6) is 5.75 Å². The molecule has 1 N–H and O–H groups in total. The van der Waals surface area contributed by atoms with E-state index in [9.17, 15) is 9.59 Å². The smallest absolute Gasteiger partial charge is 0.249 e. The highest BCUT2D eigenvalue weighted by Crippen LogP contribution is 2.32. The van der Waals surface area contributed by atoms with Crippen LogP contribution < -0.4 is 15.0 Å². The van der Waals surface area contributed by atoms with Crippen molar-refractivity contribution in [3.8, 4) is 5.75 Å². The molecule has 8 nitrogen and oxygen atoms in total. The van der Waals surface area contributed by atoms with Crippen LogP contribution >= 0.6 is 0 Å². The molecule has 4 rings (SSSR count). The number of nitrogens with zero attached hydrogens (tertiary/aromatic N) is 4. The van der Waals surface area contributed by atoms with E-state index in [1.165, 1.54) is 0 Å². The van der Waals surface area contributed by atoms with Crippen molar-refractivity contribution in [2.24, 2.45) is 0 Å². The van der Waals surface area contributed by atoms with E-state index in [2.05, 4.69) is 15.6 Å². The standard InChI is InChI=1S/C29H33N5O3/c1-19-14-15-22(16-20(19)2)34(26(35)18-33-25-13-8-7-12-24(25)31-32-33)27(28(36)30-29(3,4)5)21-10-9-11-23(17-21)37-6/h7-17,27H,18H2,1-6H3,(H,30,36)/t27-/m0/s1. The number of methoxy groups -OCH3 is 1. The lowest BCUT2D eigenvalue weighted by molar-refractivity contribution is -0.128. The van der Waals surface area contributed by atoms with Gasteiger partial charge in [-0.05, 0) is 87.7 Å². The molecular weight excluding hydrogens is 466 g/mol. The van der Waals surface area contributed by atoms with Crippen LogP contribution in [0.3, 0.4) is 0 Å². The van der Waals surface area contributed by atoms with Gasteiger partial charge in [0.2, 0.25) is 11.8 Å². The number of aryl methyl sites for hydroxylation is 2. The minimum absolute atomic E-state index is 0.0866. The van der Waals surface area contributed by atoms with E-state index >= 15 is 0 Å². The van der Waals surface area contributed by atoms with Crippen LogP contribution in [0.4, 0.5) is 5.69 Å². The fourth-order valence-corrected chi connectivity index (χ4v) is 4.22. The number of benzene rings is 3. The first-order valence-corrected chi connectivity index (χ1v) is 12.2. The summed E-state index contributed by atoms with van der Waals surface area (Å²) in [6, 6.07) is 19.5. The van der Waals surface area contributed by atoms with Crippen molar-refractivity contribution in [3.05, 3.63) is 83.4 Å².